The van der Waals surface area contributed by atoms with Crippen molar-refractivity contribution in [2.75, 3.05) is 0 Å². The van der Waals surface area contributed by atoms with Crippen molar-refractivity contribution in [3.05, 3.63) is 0 Å². The van der Waals surface area contributed by atoms with E-state index in [1.54, 1.807) is 0 Å². The van der Waals surface area contributed by atoms with Gasteiger partial charge in [-0.2, -0.15) is 0 Å². The smallest absolute Gasteiger partial charge is 0.158 e. The Kier molecular flexibility index (Phi) is 0.944. The predicted octanol–water partition coefficient (Wildman–Crippen LogP) is 0.253. The molecular weight excluding hydrogens is 212 g/mol. The summed E-state index contributed by atoms with van der Waals surface area (Å²) in [6.45, 7) is 0. The van der Waals surface area contributed by atoms with E-state index in [0.29, 0.717) is 29.5 Å². The fourth-order valence-corrected chi connectivity index (χ4v) is 9.39. The number of sulfone groups is 1. The first-order valence-electron chi connectivity index (χ1n) is 5.90. The van der Waals surface area contributed by atoms with E-state index in [4.69, 9.17) is 0 Å². The summed E-state index contributed by atoms with van der Waals surface area (Å²) < 4.78 is 24.5. The SMILES string of the molecule is O=C1[C@H]2[C@H]3CC[C@H]4[C@H]5[C@H]3[C@H]1[C@H]5S(=O)(=O)[C@H]42. The van der Waals surface area contributed by atoms with Gasteiger partial charge in [0.25, 0.3) is 0 Å². The summed E-state index contributed by atoms with van der Waals surface area (Å²) in [6.07, 6.45) is 2.19. The molecule has 0 aromatic rings. The number of fused-ring (bicyclic) bond motifs is 2. The van der Waals surface area contributed by atoms with Gasteiger partial charge in [0.1, 0.15) is 5.78 Å². The van der Waals surface area contributed by atoms with Crippen LogP contribution in [0.15, 0.2) is 0 Å². The fourth-order valence-electron chi connectivity index (χ4n) is 5.93. The number of ketones is 1. The molecule has 0 aromatic carbocycles. The minimum atomic E-state index is -2.92. The highest BCUT2D eigenvalue weighted by Crippen LogP contribution is 2.76. The van der Waals surface area contributed by atoms with E-state index >= 15 is 0 Å². The molecule has 6 bridgehead atoms. The third kappa shape index (κ3) is 0.500. The van der Waals surface area contributed by atoms with Gasteiger partial charge in [0.2, 0.25) is 0 Å². The first kappa shape index (κ1) is 7.82. The number of hydrogen-bond acceptors (Lipinski definition) is 3. The van der Waals surface area contributed by atoms with Gasteiger partial charge in [-0.25, -0.2) is 8.42 Å². The number of carbonyl (C=O) groups excluding carboxylic acids is 1. The zero-order valence-electron chi connectivity index (χ0n) is 8.17. The van der Waals surface area contributed by atoms with Crippen LogP contribution in [-0.4, -0.2) is 24.7 Å². The summed E-state index contributed by atoms with van der Waals surface area (Å²) >= 11 is 0. The van der Waals surface area contributed by atoms with Gasteiger partial charge in [-0.3, -0.25) is 4.79 Å². The van der Waals surface area contributed by atoms with Crippen LogP contribution >= 0.6 is 0 Å². The maximum Gasteiger partial charge on any atom is 0.158 e. The predicted molar refractivity (Wildman–Crippen MR) is 51.7 cm³/mol. The van der Waals surface area contributed by atoms with Crippen molar-refractivity contribution < 1.29 is 13.2 Å². The monoisotopic (exact) mass is 224 g/mol. The lowest BCUT2D eigenvalue weighted by atomic mass is 9.50. The lowest BCUT2D eigenvalue weighted by Crippen LogP contribution is -2.55. The minimum absolute atomic E-state index is 0.0588. The average Bonchev–Trinajstić information content (AvgIpc) is 2.36. The summed E-state index contributed by atoms with van der Waals surface area (Å²) in [5.74, 6) is 1.90. The minimum Gasteiger partial charge on any atom is -0.299 e. The highest BCUT2D eigenvalue weighted by molar-refractivity contribution is 7.93. The van der Waals surface area contributed by atoms with Gasteiger partial charge in [-0.15, -0.1) is 0 Å². The third-order valence-corrected chi connectivity index (χ3v) is 8.84. The second-order valence-electron chi connectivity index (χ2n) is 6.03. The van der Waals surface area contributed by atoms with E-state index in [1.165, 1.54) is 0 Å². The highest BCUT2D eigenvalue weighted by Gasteiger charge is 2.83. The molecule has 0 amide bonds. The molecule has 1 aliphatic heterocycles. The van der Waals surface area contributed by atoms with Crippen molar-refractivity contribution in [1.82, 2.24) is 0 Å². The zero-order chi connectivity index (χ0) is 10.1. The van der Waals surface area contributed by atoms with Gasteiger partial charge in [0.05, 0.1) is 10.5 Å². The number of hydrogen-bond donors (Lipinski definition) is 0. The van der Waals surface area contributed by atoms with Crippen LogP contribution in [0.4, 0.5) is 0 Å². The lowest BCUT2D eigenvalue weighted by Gasteiger charge is -2.52. The molecule has 8 atom stereocenters. The van der Waals surface area contributed by atoms with E-state index in [2.05, 4.69) is 0 Å². The van der Waals surface area contributed by atoms with Gasteiger partial charge >= 0.3 is 0 Å². The Morgan fingerprint density at radius 1 is 0.933 bits per heavy atom. The molecule has 80 valence electrons. The molecule has 0 radical (unpaired) electrons. The van der Waals surface area contributed by atoms with Crippen LogP contribution in [0.1, 0.15) is 12.8 Å². The normalized spacial score (nSPS) is 70.0. The maximum absolute atomic E-state index is 12.2. The number of rotatable bonds is 0. The lowest BCUT2D eigenvalue weighted by molar-refractivity contribution is -0.126. The molecule has 0 spiro atoms. The van der Waals surface area contributed by atoms with E-state index in [9.17, 15) is 13.2 Å². The molecule has 5 aliphatic carbocycles. The standard InChI is InChI=1S/C11H12O3S/c12-9-7-3-1-2-4-6-5(3)8(9)11(6)15(13,14)10(4)7/h3-8,10-11H,1-2H2/t3-,4-,5-,6-,7+,8+,10+,11-/m0/s1. The first-order chi connectivity index (χ1) is 7.14. The fraction of sp³-hybridized carbons (Fsp3) is 0.909. The van der Waals surface area contributed by atoms with Gasteiger partial charge in [0, 0.05) is 11.8 Å². The molecule has 3 nitrogen and oxygen atoms in total. The number of Topliss-reactive ketones (excluding diaryl/α,β-unsaturated/α-hetero) is 1. The van der Waals surface area contributed by atoms with Crippen molar-refractivity contribution in [2.45, 2.75) is 23.3 Å². The van der Waals surface area contributed by atoms with Crippen LogP contribution in [0.3, 0.4) is 0 Å². The summed E-state index contributed by atoms with van der Waals surface area (Å²) in [4.78, 5) is 12.1. The Morgan fingerprint density at radius 3 is 2.47 bits per heavy atom. The summed E-state index contributed by atoms with van der Waals surface area (Å²) in [6, 6.07) is 0. The number of carbonyl (C=O) groups is 1. The van der Waals surface area contributed by atoms with Gasteiger partial charge in [-0.1, -0.05) is 0 Å². The summed E-state index contributed by atoms with van der Waals surface area (Å²) in [5.41, 5.74) is 0. The van der Waals surface area contributed by atoms with Crippen molar-refractivity contribution >= 4 is 15.6 Å². The Balaban J connectivity index is 1.90. The van der Waals surface area contributed by atoms with Crippen LogP contribution in [0.5, 0.6) is 0 Å². The average molecular weight is 224 g/mol. The molecule has 1 saturated heterocycles. The van der Waals surface area contributed by atoms with E-state index in [1.807, 2.05) is 0 Å². The quantitative estimate of drug-likeness (QED) is 0.593. The summed E-state index contributed by atoms with van der Waals surface area (Å²) in [5, 5.41) is -0.472. The van der Waals surface area contributed by atoms with Crippen LogP contribution < -0.4 is 0 Å². The molecule has 6 rings (SSSR count). The molecule has 0 N–H and O–H groups in total. The van der Waals surface area contributed by atoms with Crippen molar-refractivity contribution in [1.29, 1.82) is 0 Å². The van der Waals surface area contributed by atoms with Crippen LogP contribution in [-0.2, 0) is 14.6 Å². The molecule has 0 unspecified atom stereocenters. The second-order valence-corrected chi connectivity index (χ2v) is 8.30. The van der Waals surface area contributed by atoms with Crippen molar-refractivity contribution in [2.24, 2.45) is 35.5 Å². The van der Waals surface area contributed by atoms with Crippen LogP contribution in [0.2, 0.25) is 0 Å². The molecule has 6 fully saturated rings. The van der Waals surface area contributed by atoms with Gasteiger partial charge in [0.15, 0.2) is 9.84 Å². The first-order valence-corrected chi connectivity index (χ1v) is 7.51. The van der Waals surface area contributed by atoms with Gasteiger partial charge in [-0.05, 0) is 36.5 Å². The molecule has 4 heteroatoms. The maximum atomic E-state index is 12.2. The highest BCUT2D eigenvalue weighted by atomic mass is 32.2. The van der Waals surface area contributed by atoms with Crippen molar-refractivity contribution in [3.8, 4) is 0 Å². The third-order valence-electron chi connectivity index (χ3n) is 6.07. The van der Waals surface area contributed by atoms with Crippen LogP contribution in [0, 0.1) is 35.5 Å². The molecule has 1 heterocycles. The molecule has 15 heavy (non-hydrogen) atoms. The Bertz CT molecular complexity index is 508. The van der Waals surface area contributed by atoms with Crippen LogP contribution in [0.25, 0.3) is 0 Å². The largest absolute Gasteiger partial charge is 0.299 e. The Hall–Kier alpha value is -0.380. The molecule has 5 saturated carbocycles. The molecule has 6 aliphatic rings. The molecule has 0 aromatic heterocycles. The zero-order valence-corrected chi connectivity index (χ0v) is 8.98. The Labute approximate surface area is 88.1 Å². The van der Waals surface area contributed by atoms with Crippen molar-refractivity contribution in [3.63, 3.8) is 0 Å². The van der Waals surface area contributed by atoms with E-state index < -0.39 is 9.84 Å². The van der Waals surface area contributed by atoms with E-state index in [-0.39, 0.29) is 22.3 Å². The topological polar surface area (TPSA) is 51.2 Å². The summed E-state index contributed by atoms with van der Waals surface area (Å²) in [7, 11) is -2.92. The van der Waals surface area contributed by atoms with Gasteiger partial charge < -0.3 is 0 Å². The molecular formula is C11H12O3S. The van der Waals surface area contributed by atoms with E-state index in [0.717, 1.165) is 12.8 Å². The second kappa shape index (κ2) is 1.81. The Morgan fingerprint density at radius 2 is 1.67 bits per heavy atom.